The Balaban J connectivity index is 2.95. The highest BCUT2D eigenvalue weighted by Gasteiger charge is 2.20. The normalized spacial score (nSPS) is 12.9. The lowest BCUT2D eigenvalue weighted by molar-refractivity contribution is 0.0895. The fourth-order valence-electron chi connectivity index (χ4n) is 1.21. The first-order chi connectivity index (χ1) is 6.54. The zero-order valence-corrected chi connectivity index (χ0v) is 8.75. The standard InChI is InChI=1S/C12H15FO/c1-8(2)9(3)12(14)10-6-4-5-7-11(10)13/h4-9H,1-3H3. The predicted molar refractivity (Wildman–Crippen MR) is 54.7 cm³/mol. The summed E-state index contributed by atoms with van der Waals surface area (Å²) in [6, 6.07) is 6.13. The van der Waals surface area contributed by atoms with Gasteiger partial charge in [-0.2, -0.15) is 0 Å². The Bertz CT molecular complexity index is 331. The van der Waals surface area contributed by atoms with Gasteiger partial charge in [0.2, 0.25) is 0 Å². The van der Waals surface area contributed by atoms with Crippen LogP contribution in [0.2, 0.25) is 0 Å². The third kappa shape index (κ3) is 2.19. The molecule has 0 aliphatic heterocycles. The molecule has 0 fully saturated rings. The lowest BCUT2D eigenvalue weighted by Crippen LogP contribution is -2.18. The molecule has 1 nitrogen and oxygen atoms in total. The molecular formula is C12H15FO. The van der Waals surface area contributed by atoms with E-state index in [9.17, 15) is 9.18 Å². The lowest BCUT2D eigenvalue weighted by atomic mass is 9.89. The fraction of sp³-hybridized carbons (Fsp3) is 0.417. The number of hydrogen-bond donors (Lipinski definition) is 0. The SMILES string of the molecule is CC(C)C(C)C(=O)c1ccccc1F. The maximum Gasteiger partial charge on any atom is 0.168 e. The maximum atomic E-state index is 13.2. The molecule has 1 atom stereocenters. The van der Waals surface area contributed by atoms with Crippen LogP contribution in [-0.4, -0.2) is 5.78 Å². The smallest absolute Gasteiger partial charge is 0.168 e. The third-order valence-electron chi connectivity index (χ3n) is 2.55. The fourth-order valence-corrected chi connectivity index (χ4v) is 1.21. The Morgan fingerprint density at radius 3 is 2.29 bits per heavy atom. The van der Waals surface area contributed by atoms with Gasteiger partial charge in [-0.25, -0.2) is 4.39 Å². The summed E-state index contributed by atoms with van der Waals surface area (Å²) >= 11 is 0. The van der Waals surface area contributed by atoms with Crippen molar-refractivity contribution in [2.45, 2.75) is 20.8 Å². The number of carbonyl (C=O) groups is 1. The van der Waals surface area contributed by atoms with Crippen LogP contribution in [0.3, 0.4) is 0 Å². The number of hydrogen-bond acceptors (Lipinski definition) is 1. The number of benzene rings is 1. The molecule has 0 radical (unpaired) electrons. The molecule has 1 unspecified atom stereocenters. The van der Waals surface area contributed by atoms with Gasteiger partial charge in [0.25, 0.3) is 0 Å². The van der Waals surface area contributed by atoms with Gasteiger partial charge < -0.3 is 0 Å². The Labute approximate surface area is 83.9 Å². The summed E-state index contributed by atoms with van der Waals surface area (Å²) in [6.45, 7) is 5.76. The Hall–Kier alpha value is -1.18. The summed E-state index contributed by atoms with van der Waals surface area (Å²) in [6.07, 6.45) is 0. The second kappa shape index (κ2) is 4.36. The van der Waals surface area contributed by atoms with Crippen LogP contribution in [0.25, 0.3) is 0 Å². The predicted octanol–water partition coefficient (Wildman–Crippen LogP) is 3.30. The highest BCUT2D eigenvalue weighted by atomic mass is 19.1. The summed E-state index contributed by atoms with van der Waals surface area (Å²) in [5.74, 6) is -0.433. The van der Waals surface area contributed by atoms with Gasteiger partial charge in [0.15, 0.2) is 5.78 Å². The van der Waals surface area contributed by atoms with E-state index in [4.69, 9.17) is 0 Å². The van der Waals surface area contributed by atoms with Crippen molar-refractivity contribution in [2.24, 2.45) is 11.8 Å². The molecule has 2 heteroatoms. The molecule has 1 rings (SSSR count). The topological polar surface area (TPSA) is 17.1 Å². The van der Waals surface area contributed by atoms with Gasteiger partial charge >= 0.3 is 0 Å². The van der Waals surface area contributed by atoms with Crippen LogP contribution in [0.4, 0.5) is 4.39 Å². The molecule has 0 amide bonds. The lowest BCUT2D eigenvalue weighted by Gasteiger charge is -2.14. The first kappa shape index (κ1) is 10.9. The number of ketones is 1. The number of carbonyl (C=O) groups excluding carboxylic acids is 1. The summed E-state index contributed by atoms with van der Waals surface area (Å²) in [5.41, 5.74) is 0.203. The van der Waals surface area contributed by atoms with Gasteiger partial charge in [-0.15, -0.1) is 0 Å². The molecule has 0 spiro atoms. The van der Waals surface area contributed by atoms with Gasteiger partial charge in [0, 0.05) is 5.92 Å². The van der Waals surface area contributed by atoms with Gasteiger partial charge in [0.05, 0.1) is 5.56 Å². The van der Waals surface area contributed by atoms with Gasteiger partial charge in [-0.3, -0.25) is 4.79 Å². The molecular weight excluding hydrogens is 179 g/mol. The summed E-state index contributed by atoms with van der Waals surface area (Å²) in [7, 11) is 0. The maximum absolute atomic E-state index is 13.2. The molecule has 1 aromatic carbocycles. The molecule has 0 saturated carbocycles. The molecule has 14 heavy (non-hydrogen) atoms. The summed E-state index contributed by atoms with van der Waals surface area (Å²) < 4.78 is 13.2. The molecule has 0 aromatic heterocycles. The second-order valence-corrected chi connectivity index (χ2v) is 3.88. The third-order valence-corrected chi connectivity index (χ3v) is 2.55. The van der Waals surface area contributed by atoms with Gasteiger partial charge in [0.1, 0.15) is 5.82 Å². The van der Waals surface area contributed by atoms with Gasteiger partial charge in [-0.05, 0) is 18.1 Å². The highest BCUT2D eigenvalue weighted by molar-refractivity contribution is 5.97. The number of Topliss-reactive ketones (excluding diaryl/α,β-unsaturated/α-hetero) is 1. The first-order valence-electron chi connectivity index (χ1n) is 4.82. The first-order valence-corrected chi connectivity index (χ1v) is 4.82. The molecule has 0 aliphatic rings. The van der Waals surface area contributed by atoms with Crippen LogP contribution in [0.1, 0.15) is 31.1 Å². The zero-order valence-electron chi connectivity index (χ0n) is 8.75. The minimum absolute atomic E-state index is 0.113. The van der Waals surface area contributed by atoms with E-state index in [2.05, 4.69) is 0 Å². The zero-order chi connectivity index (χ0) is 10.7. The van der Waals surface area contributed by atoms with Gasteiger partial charge in [-0.1, -0.05) is 32.9 Å². The molecule has 0 N–H and O–H groups in total. The van der Waals surface area contributed by atoms with E-state index >= 15 is 0 Å². The molecule has 0 bridgehead atoms. The number of rotatable bonds is 3. The molecule has 0 saturated heterocycles. The molecule has 76 valence electrons. The number of halogens is 1. The van der Waals surface area contributed by atoms with E-state index in [0.29, 0.717) is 0 Å². The average molecular weight is 194 g/mol. The molecule has 0 heterocycles. The monoisotopic (exact) mass is 194 g/mol. The molecule has 0 aliphatic carbocycles. The van der Waals surface area contributed by atoms with Crippen molar-refractivity contribution in [3.63, 3.8) is 0 Å². The van der Waals surface area contributed by atoms with Crippen LogP contribution in [0, 0.1) is 17.7 Å². The Kier molecular flexibility index (Phi) is 3.39. The van der Waals surface area contributed by atoms with Crippen LogP contribution in [0.5, 0.6) is 0 Å². The summed E-state index contributed by atoms with van der Waals surface area (Å²) in [5, 5.41) is 0. The quantitative estimate of drug-likeness (QED) is 0.675. The van der Waals surface area contributed by atoms with E-state index in [0.717, 1.165) is 0 Å². The van der Waals surface area contributed by atoms with Crippen molar-refractivity contribution < 1.29 is 9.18 Å². The van der Waals surface area contributed by atoms with Crippen molar-refractivity contribution in [3.8, 4) is 0 Å². The van der Waals surface area contributed by atoms with E-state index in [1.54, 1.807) is 12.1 Å². The largest absolute Gasteiger partial charge is 0.294 e. The second-order valence-electron chi connectivity index (χ2n) is 3.88. The van der Waals surface area contributed by atoms with E-state index < -0.39 is 5.82 Å². The minimum atomic E-state index is -0.426. The molecule has 1 aromatic rings. The van der Waals surface area contributed by atoms with E-state index in [-0.39, 0.29) is 23.2 Å². The van der Waals surface area contributed by atoms with Crippen LogP contribution in [-0.2, 0) is 0 Å². The average Bonchev–Trinajstić information content (AvgIpc) is 2.16. The van der Waals surface area contributed by atoms with Crippen molar-refractivity contribution in [3.05, 3.63) is 35.6 Å². The van der Waals surface area contributed by atoms with Crippen molar-refractivity contribution in [1.29, 1.82) is 0 Å². The Morgan fingerprint density at radius 2 is 1.79 bits per heavy atom. The van der Waals surface area contributed by atoms with Crippen molar-refractivity contribution in [2.75, 3.05) is 0 Å². The highest BCUT2D eigenvalue weighted by Crippen LogP contribution is 2.18. The minimum Gasteiger partial charge on any atom is -0.294 e. The van der Waals surface area contributed by atoms with Crippen molar-refractivity contribution in [1.82, 2.24) is 0 Å². The summed E-state index contributed by atoms with van der Waals surface area (Å²) in [4.78, 5) is 11.8. The Morgan fingerprint density at radius 1 is 1.21 bits per heavy atom. The van der Waals surface area contributed by atoms with E-state index in [1.807, 2.05) is 20.8 Å². The van der Waals surface area contributed by atoms with Crippen LogP contribution >= 0.6 is 0 Å². The van der Waals surface area contributed by atoms with E-state index in [1.165, 1.54) is 12.1 Å². The van der Waals surface area contributed by atoms with Crippen LogP contribution in [0.15, 0.2) is 24.3 Å². The van der Waals surface area contributed by atoms with Crippen LogP contribution < -0.4 is 0 Å². The van der Waals surface area contributed by atoms with Crippen molar-refractivity contribution >= 4 is 5.78 Å².